The second kappa shape index (κ2) is 5.21. The number of benzene rings is 1. The van der Waals surface area contributed by atoms with E-state index in [1.807, 2.05) is 31.2 Å². The standard InChI is InChI=1S/C14H19N3O/c1-4-12(18)17-13(9(2)3)14-15-10-7-5-6-8-11(10)16-14/h5-9,13H,4H2,1-3H3,(H,15,16)(H,17,18)/t13-/m1/s1. The molecule has 4 nitrogen and oxygen atoms in total. The summed E-state index contributed by atoms with van der Waals surface area (Å²) in [6.45, 7) is 6.01. The van der Waals surface area contributed by atoms with E-state index in [1.165, 1.54) is 0 Å². The highest BCUT2D eigenvalue weighted by molar-refractivity contribution is 5.77. The summed E-state index contributed by atoms with van der Waals surface area (Å²) in [5.41, 5.74) is 1.94. The van der Waals surface area contributed by atoms with E-state index < -0.39 is 0 Å². The number of nitrogens with zero attached hydrogens (tertiary/aromatic N) is 1. The van der Waals surface area contributed by atoms with E-state index in [1.54, 1.807) is 0 Å². The molecule has 1 amide bonds. The summed E-state index contributed by atoms with van der Waals surface area (Å²) < 4.78 is 0. The molecule has 0 radical (unpaired) electrons. The van der Waals surface area contributed by atoms with Crippen LogP contribution in [0.1, 0.15) is 39.1 Å². The number of nitrogens with one attached hydrogen (secondary N) is 2. The van der Waals surface area contributed by atoms with Crippen LogP contribution in [0.2, 0.25) is 0 Å². The van der Waals surface area contributed by atoms with E-state index >= 15 is 0 Å². The molecular formula is C14H19N3O. The molecule has 0 unspecified atom stereocenters. The van der Waals surface area contributed by atoms with E-state index in [0.29, 0.717) is 12.3 Å². The van der Waals surface area contributed by atoms with Gasteiger partial charge in [-0.25, -0.2) is 4.98 Å². The number of H-pyrrole nitrogens is 1. The molecule has 0 saturated carbocycles. The lowest BCUT2D eigenvalue weighted by atomic mass is 10.0. The summed E-state index contributed by atoms with van der Waals surface area (Å²) in [6.07, 6.45) is 0.490. The Morgan fingerprint density at radius 1 is 1.39 bits per heavy atom. The Morgan fingerprint density at radius 2 is 2.11 bits per heavy atom. The molecule has 2 aromatic rings. The Hall–Kier alpha value is -1.84. The maximum atomic E-state index is 11.6. The molecule has 0 saturated heterocycles. The van der Waals surface area contributed by atoms with Gasteiger partial charge in [-0.05, 0) is 18.1 Å². The molecular weight excluding hydrogens is 226 g/mol. The molecule has 2 rings (SSSR count). The quantitative estimate of drug-likeness (QED) is 0.870. The van der Waals surface area contributed by atoms with Gasteiger partial charge in [0, 0.05) is 6.42 Å². The topological polar surface area (TPSA) is 57.8 Å². The van der Waals surface area contributed by atoms with Gasteiger partial charge >= 0.3 is 0 Å². The van der Waals surface area contributed by atoms with Gasteiger partial charge in [0.1, 0.15) is 5.82 Å². The van der Waals surface area contributed by atoms with Crippen LogP contribution in [-0.2, 0) is 4.79 Å². The Balaban J connectivity index is 2.32. The molecule has 96 valence electrons. The van der Waals surface area contributed by atoms with Gasteiger partial charge in [0.2, 0.25) is 5.91 Å². The zero-order valence-electron chi connectivity index (χ0n) is 11.0. The van der Waals surface area contributed by atoms with Gasteiger partial charge in [-0.15, -0.1) is 0 Å². The molecule has 0 bridgehead atoms. The molecule has 0 spiro atoms. The second-order valence-corrected chi connectivity index (χ2v) is 4.78. The highest BCUT2D eigenvalue weighted by Gasteiger charge is 2.20. The molecule has 0 fully saturated rings. The van der Waals surface area contributed by atoms with Crippen LogP contribution < -0.4 is 5.32 Å². The normalized spacial score (nSPS) is 12.9. The van der Waals surface area contributed by atoms with Gasteiger partial charge in [-0.2, -0.15) is 0 Å². The number of imidazole rings is 1. The maximum absolute atomic E-state index is 11.6. The SMILES string of the molecule is CCC(=O)N[C@@H](c1nc2ccccc2[nH]1)C(C)C. The van der Waals surface area contributed by atoms with Crippen LogP contribution in [0.5, 0.6) is 0 Å². The van der Waals surface area contributed by atoms with Crippen molar-refractivity contribution in [1.29, 1.82) is 0 Å². The number of amides is 1. The van der Waals surface area contributed by atoms with Crippen LogP contribution in [0, 0.1) is 5.92 Å². The fourth-order valence-corrected chi connectivity index (χ4v) is 1.95. The summed E-state index contributed by atoms with van der Waals surface area (Å²) in [5.74, 6) is 1.17. The van der Waals surface area contributed by atoms with Gasteiger partial charge in [0.05, 0.1) is 17.1 Å². The predicted molar refractivity (Wildman–Crippen MR) is 72.1 cm³/mol. The molecule has 0 aliphatic carbocycles. The number of carbonyl (C=O) groups is 1. The highest BCUT2D eigenvalue weighted by Crippen LogP contribution is 2.22. The lowest BCUT2D eigenvalue weighted by Gasteiger charge is -2.19. The minimum Gasteiger partial charge on any atom is -0.346 e. The fourth-order valence-electron chi connectivity index (χ4n) is 1.95. The van der Waals surface area contributed by atoms with Gasteiger partial charge < -0.3 is 10.3 Å². The molecule has 1 atom stereocenters. The first-order chi connectivity index (χ1) is 8.61. The zero-order valence-corrected chi connectivity index (χ0v) is 11.0. The second-order valence-electron chi connectivity index (χ2n) is 4.78. The number of para-hydroxylation sites is 2. The molecule has 1 aromatic carbocycles. The largest absolute Gasteiger partial charge is 0.346 e. The number of hydrogen-bond donors (Lipinski definition) is 2. The minimum absolute atomic E-state index is 0.0501. The van der Waals surface area contributed by atoms with Crippen molar-refractivity contribution in [3.63, 3.8) is 0 Å². The Morgan fingerprint density at radius 3 is 2.72 bits per heavy atom. The third-order valence-corrected chi connectivity index (χ3v) is 3.01. The van der Waals surface area contributed by atoms with Crippen molar-refractivity contribution < 1.29 is 4.79 Å². The third kappa shape index (κ3) is 2.53. The molecule has 4 heteroatoms. The van der Waals surface area contributed by atoms with Gasteiger partial charge in [0.25, 0.3) is 0 Å². The first-order valence-corrected chi connectivity index (χ1v) is 6.35. The van der Waals surface area contributed by atoms with E-state index in [2.05, 4.69) is 29.1 Å². The van der Waals surface area contributed by atoms with Gasteiger partial charge in [-0.1, -0.05) is 32.9 Å². The lowest BCUT2D eigenvalue weighted by molar-refractivity contribution is -0.121. The molecule has 2 N–H and O–H groups in total. The molecule has 1 heterocycles. The first kappa shape index (κ1) is 12.6. The number of carbonyl (C=O) groups excluding carboxylic acids is 1. The molecule has 1 aromatic heterocycles. The van der Waals surface area contributed by atoms with E-state index in [4.69, 9.17) is 0 Å². The summed E-state index contributed by atoms with van der Waals surface area (Å²) in [7, 11) is 0. The third-order valence-electron chi connectivity index (χ3n) is 3.01. The van der Waals surface area contributed by atoms with Gasteiger partial charge in [0.15, 0.2) is 0 Å². The van der Waals surface area contributed by atoms with Crippen LogP contribution in [0.25, 0.3) is 11.0 Å². The van der Waals surface area contributed by atoms with E-state index in [0.717, 1.165) is 16.9 Å². The monoisotopic (exact) mass is 245 g/mol. The fraction of sp³-hybridized carbons (Fsp3) is 0.429. The minimum atomic E-state index is -0.0650. The van der Waals surface area contributed by atoms with Crippen LogP contribution in [0.3, 0.4) is 0 Å². The average Bonchev–Trinajstić information content (AvgIpc) is 2.78. The predicted octanol–water partition coefficient (Wildman–Crippen LogP) is 2.79. The number of aromatic amines is 1. The number of aromatic nitrogens is 2. The Bertz CT molecular complexity index is 512. The van der Waals surface area contributed by atoms with Crippen molar-refractivity contribution in [2.75, 3.05) is 0 Å². The van der Waals surface area contributed by atoms with Crippen LogP contribution in [0.4, 0.5) is 0 Å². The van der Waals surface area contributed by atoms with Crippen molar-refractivity contribution in [3.05, 3.63) is 30.1 Å². The summed E-state index contributed by atoms with van der Waals surface area (Å²) in [5, 5.41) is 3.01. The maximum Gasteiger partial charge on any atom is 0.220 e. The summed E-state index contributed by atoms with van der Waals surface area (Å²) in [4.78, 5) is 19.4. The number of fused-ring (bicyclic) bond motifs is 1. The average molecular weight is 245 g/mol. The van der Waals surface area contributed by atoms with Crippen molar-refractivity contribution >= 4 is 16.9 Å². The van der Waals surface area contributed by atoms with Crippen molar-refractivity contribution in [1.82, 2.24) is 15.3 Å². The lowest BCUT2D eigenvalue weighted by Crippen LogP contribution is -2.31. The van der Waals surface area contributed by atoms with Gasteiger partial charge in [-0.3, -0.25) is 4.79 Å². The number of hydrogen-bond acceptors (Lipinski definition) is 2. The van der Waals surface area contributed by atoms with Crippen molar-refractivity contribution in [2.45, 2.75) is 33.2 Å². The Kier molecular flexibility index (Phi) is 3.65. The molecule has 18 heavy (non-hydrogen) atoms. The summed E-state index contributed by atoms with van der Waals surface area (Å²) >= 11 is 0. The first-order valence-electron chi connectivity index (χ1n) is 6.35. The highest BCUT2D eigenvalue weighted by atomic mass is 16.1. The van der Waals surface area contributed by atoms with Crippen molar-refractivity contribution in [2.24, 2.45) is 5.92 Å². The Labute approximate surface area is 107 Å². The van der Waals surface area contributed by atoms with Crippen LogP contribution in [-0.4, -0.2) is 15.9 Å². The zero-order chi connectivity index (χ0) is 13.1. The smallest absolute Gasteiger partial charge is 0.220 e. The summed E-state index contributed by atoms with van der Waals surface area (Å²) in [6, 6.07) is 7.82. The van der Waals surface area contributed by atoms with E-state index in [-0.39, 0.29) is 11.9 Å². The number of rotatable bonds is 4. The van der Waals surface area contributed by atoms with Crippen molar-refractivity contribution in [3.8, 4) is 0 Å². The molecule has 0 aliphatic rings. The van der Waals surface area contributed by atoms with E-state index in [9.17, 15) is 4.79 Å². The van der Waals surface area contributed by atoms with Crippen LogP contribution in [0.15, 0.2) is 24.3 Å². The molecule has 0 aliphatic heterocycles. The van der Waals surface area contributed by atoms with Crippen LogP contribution >= 0.6 is 0 Å².